The molecule has 1 heterocycles. The van der Waals surface area contributed by atoms with Crippen LogP contribution in [0, 0.1) is 0 Å². The highest BCUT2D eigenvalue weighted by Gasteiger charge is 2.15. The van der Waals surface area contributed by atoms with E-state index < -0.39 is 18.9 Å². The molecule has 0 fully saturated rings. The van der Waals surface area contributed by atoms with Crippen LogP contribution in [0.3, 0.4) is 0 Å². The molecular formula is C13H14F2N2O2. The molecule has 2 rings (SSSR count). The molecular weight excluding hydrogens is 254 g/mol. The second kappa shape index (κ2) is 5.34. The molecule has 0 aliphatic rings. The highest BCUT2D eigenvalue weighted by atomic mass is 19.3. The molecule has 6 heteroatoms. The number of carboxylic acids is 1. The van der Waals surface area contributed by atoms with Crippen molar-refractivity contribution >= 4 is 17.0 Å². The number of aryl methyl sites for hydroxylation is 1. The molecule has 2 aromatic rings. The topological polar surface area (TPSA) is 55.1 Å². The summed E-state index contributed by atoms with van der Waals surface area (Å²) in [5.41, 5.74) is 1.07. The number of alkyl halides is 2. The largest absolute Gasteiger partial charge is 0.478 e. The zero-order valence-corrected chi connectivity index (χ0v) is 10.4. The molecule has 0 bridgehead atoms. The second-order valence-corrected chi connectivity index (χ2v) is 4.29. The number of imidazole rings is 1. The summed E-state index contributed by atoms with van der Waals surface area (Å²) in [5.74, 6) is -0.510. The van der Waals surface area contributed by atoms with Gasteiger partial charge in [0.25, 0.3) is 6.43 Å². The van der Waals surface area contributed by atoms with Gasteiger partial charge in [0.15, 0.2) is 0 Å². The fraction of sp³-hybridized carbons (Fsp3) is 0.385. The van der Waals surface area contributed by atoms with E-state index in [0.717, 1.165) is 6.42 Å². The summed E-state index contributed by atoms with van der Waals surface area (Å²) in [5, 5.41) is 8.95. The van der Waals surface area contributed by atoms with Gasteiger partial charge in [0.2, 0.25) is 0 Å². The first-order chi connectivity index (χ1) is 9.02. The number of hydrogen-bond acceptors (Lipinski definition) is 2. The Kier molecular flexibility index (Phi) is 3.78. The van der Waals surface area contributed by atoms with Crippen molar-refractivity contribution < 1.29 is 18.7 Å². The molecule has 0 amide bonds. The van der Waals surface area contributed by atoms with Crippen LogP contribution in [0.2, 0.25) is 0 Å². The van der Waals surface area contributed by atoms with Gasteiger partial charge in [0.05, 0.1) is 23.1 Å². The van der Waals surface area contributed by atoms with Crippen molar-refractivity contribution in [2.45, 2.75) is 32.7 Å². The Morgan fingerprint density at radius 1 is 1.47 bits per heavy atom. The van der Waals surface area contributed by atoms with Gasteiger partial charge in [-0.05, 0) is 24.6 Å². The van der Waals surface area contributed by atoms with Crippen LogP contribution >= 0.6 is 0 Å². The van der Waals surface area contributed by atoms with Crippen molar-refractivity contribution in [2.75, 3.05) is 0 Å². The van der Waals surface area contributed by atoms with Crippen LogP contribution in [0.1, 0.15) is 29.5 Å². The summed E-state index contributed by atoms with van der Waals surface area (Å²) in [4.78, 5) is 15.2. The van der Waals surface area contributed by atoms with E-state index in [1.165, 1.54) is 16.7 Å². The van der Waals surface area contributed by atoms with E-state index in [-0.39, 0.29) is 5.56 Å². The van der Waals surface area contributed by atoms with Gasteiger partial charge in [-0.3, -0.25) is 0 Å². The SMILES string of the molecule is CCCc1nc2ccc(C(=O)O)cc2n1CC(F)F. The van der Waals surface area contributed by atoms with Crippen molar-refractivity contribution in [3.63, 3.8) is 0 Å². The number of aromatic nitrogens is 2. The van der Waals surface area contributed by atoms with E-state index in [0.29, 0.717) is 23.3 Å². The van der Waals surface area contributed by atoms with E-state index in [1.54, 1.807) is 6.07 Å². The molecule has 0 atom stereocenters. The predicted octanol–water partition coefficient (Wildman–Crippen LogP) is 2.95. The lowest BCUT2D eigenvalue weighted by Crippen LogP contribution is -2.10. The maximum Gasteiger partial charge on any atom is 0.335 e. The molecule has 0 spiro atoms. The van der Waals surface area contributed by atoms with Gasteiger partial charge in [-0.15, -0.1) is 0 Å². The Hall–Kier alpha value is -1.98. The zero-order valence-electron chi connectivity index (χ0n) is 10.4. The summed E-state index contributed by atoms with van der Waals surface area (Å²) >= 11 is 0. The standard InChI is InChI=1S/C13H14F2N2O2/c1-2-3-12-16-9-5-4-8(13(18)19)6-10(9)17(12)7-11(14)15/h4-6,11H,2-3,7H2,1H3,(H,18,19). The number of rotatable bonds is 5. The molecule has 0 radical (unpaired) electrons. The molecule has 0 aliphatic carbocycles. The van der Waals surface area contributed by atoms with Crippen molar-refractivity contribution in [3.8, 4) is 0 Å². The second-order valence-electron chi connectivity index (χ2n) is 4.29. The molecule has 0 aliphatic heterocycles. The van der Waals surface area contributed by atoms with Gasteiger partial charge in [-0.2, -0.15) is 0 Å². The summed E-state index contributed by atoms with van der Waals surface area (Å²) in [7, 11) is 0. The number of carboxylic acid groups (broad SMARTS) is 1. The maximum absolute atomic E-state index is 12.6. The minimum Gasteiger partial charge on any atom is -0.478 e. The molecule has 19 heavy (non-hydrogen) atoms. The minimum absolute atomic E-state index is 0.0750. The lowest BCUT2D eigenvalue weighted by Gasteiger charge is -2.08. The predicted molar refractivity (Wildman–Crippen MR) is 66.7 cm³/mol. The van der Waals surface area contributed by atoms with Gasteiger partial charge in [-0.1, -0.05) is 6.92 Å². The molecule has 1 aromatic carbocycles. The fourth-order valence-corrected chi connectivity index (χ4v) is 2.06. The number of halogens is 2. The van der Waals surface area contributed by atoms with Crippen molar-refractivity contribution in [1.82, 2.24) is 9.55 Å². The molecule has 0 unspecified atom stereocenters. The normalized spacial score (nSPS) is 11.4. The van der Waals surface area contributed by atoms with Crippen LogP contribution in [0.5, 0.6) is 0 Å². The van der Waals surface area contributed by atoms with Gasteiger partial charge < -0.3 is 9.67 Å². The molecule has 102 valence electrons. The average Bonchev–Trinajstić information content (AvgIpc) is 2.67. The number of benzene rings is 1. The third-order valence-electron chi connectivity index (χ3n) is 2.87. The van der Waals surface area contributed by atoms with E-state index in [2.05, 4.69) is 4.98 Å². The zero-order chi connectivity index (χ0) is 14.0. The van der Waals surface area contributed by atoms with E-state index >= 15 is 0 Å². The average molecular weight is 268 g/mol. The lowest BCUT2D eigenvalue weighted by atomic mass is 10.2. The van der Waals surface area contributed by atoms with Crippen molar-refractivity contribution in [3.05, 3.63) is 29.6 Å². The Balaban J connectivity index is 2.59. The van der Waals surface area contributed by atoms with E-state index in [4.69, 9.17) is 5.11 Å². The molecule has 4 nitrogen and oxygen atoms in total. The number of carbonyl (C=O) groups is 1. The quantitative estimate of drug-likeness (QED) is 0.907. The number of aromatic carboxylic acids is 1. The van der Waals surface area contributed by atoms with Gasteiger partial charge in [0, 0.05) is 6.42 Å². The third kappa shape index (κ3) is 2.72. The van der Waals surface area contributed by atoms with Crippen LogP contribution in [0.15, 0.2) is 18.2 Å². The lowest BCUT2D eigenvalue weighted by molar-refractivity contribution is 0.0697. The number of nitrogens with zero attached hydrogens (tertiary/aromatic N) is 2. The smallest absolute Gasteiger partial charge is 0.335 e. The number of fused-ring (bicyclic) bond motifs is 1. The van der Waals surface area contributed by atoms with Crippen LogP contribution in [-0.2, 0) is 13.0 Å². The van der Waals surface area contributed by atoms with Gasteiger partial charge in [-0.25, -0.2) is 18.6 Å². The Labute approximate surface area is 108 Å². The van der Waals surface area contributed by atoms with Gasteiger partial charge in [0.1, 0.15) is 5.82 Å². The Morgan fingerprint density at radius 3 is 2.79 bits per heavy atom. The first kappa shape index (κ1) is 13.5. The van der Waals surface area contributed by atoms with Crippen molar-refractivity contribution in [2.24, 2.45) is 0 Å². The minimum atomic E-state index is -2.50. The third-order valence-corrected chi connectivity index (χ3v) is 2.87. The molecule has 1 aromatic heterocycles. The first-order valence-corrected chi connectivity index (χ1v) is 6.03. The summed E-state index contributed by atoms with van der Waals surface area (Å²) < 4.78 is 26.7. The van der Waals surface area contributed by atoms with Crippen LogP contribution in [0.25, 0.3) is 11.0 Å². The Morgan fingerprint density at radius 2 is 2.21 bits per heavy atom. The molecule has 1 N–H and O–H groups in total. The summed E-state index contributed by atoms with van der Waals surface area (Å²) in [6.07, 6.45) is -1.12. The fourth-order valence-electron chi connectivity index (χ4n) is 2.06. The highest BCUT2D eigenvalue weighted by Crippen LogP contribution is 2.20. The van der Waals surface area contributed by atoms with E-state index in [1.807, 2.05) is 6.92 Å². The summed E-state index contributed by atoms with van der Waals surface area (Å²) in [6, 6.07) is 4.38. The van der Waals surface area contributed by atoms with Gasteiger partial charge >= 0.3 is 5.97 Å². The molecule has 0 saturated heterocycles. The van der Waals surface area contributed by atoms with Crippen molar-refractivity contribution in [1.29, 1.82) is 0 Å². The molecule has 0 saturated carbocycles. The first-order valence-electron chi connectivity index (χ1n) is 6.03. The maximum atomic E-state index is 12.6. The van der Waals surface area contributed by atoms with Crippen LogP contribution in [0.4, 0.5) is 8.78 Å². The Bertz CT molecular complexity index is 608. The highest BCUT2D eigenvalue weighted by molar-refractivity contribution is 5.92. The van der Waals surface area contributed by atoms with E-state index in [9.17, 15) is 13.6 Å². The van der Waals surface area contributed by atoms with Crippen LogP contribution in [-0.4, -0.2) is 27.1 Å². The van der Waals surface area contributed by atoms with Crippen LogP contribution < -0.4 is 0 Å². The monoisotopic (exact) mass is 268 g/mol. The summed E-state index contributed by atoms with van der Waals surface area (Å²) in [6.45, 7) is 1.48. The number of hydrogen-bond donors (Lipinski definition) is 1.